The highest BCUT2D eigenvalue weighted by Gasteiger charge is 1.96. The number of hydrogen-bond acceptors (Lipinski definition) is 3. The molecule has 0 spiro atoms. The number of nitrogen functional groups attached to an aromatic ring is 1. The van der Waals surface area contributed by atoms with Crippen molar-refractivity contribution in [2.24, 2.45) is 0 Å². The zero-order chi connectivity index (χ0) is 10.5. The summed E-state index contributed by atoms with van der Waals surface area (Å²) in [5, 5.41) is 7.62. The van der Waals surface area contributed by atoms with Gasteiger partial charge in [0.05, 0.1) is 6.20 Å². The molecule has 1 heterocycles. The van der Waals surface area contributed by atoms with Crippen LogP contribution in [0, 0.1) is 0 Å². The van der Waals surface area contributed by atoms with E-state index < -0.39 is 0 Å². The zero-order valence-electron chi connectivity index (χ0n) is 8.50. The van der Waals surface area contributed by atoms with Crippen molar-refractivity contribution >= 4 is 5.82 Å². The SMILES string of the molecule is Nc1cn(CCCc2ccccc2)nn1. The quantitative estimate of drug-likeness (QED) is 0.817. The lowest BCUT2D eigenvalue weighted by molar-refractivity contribution is 0.559. The Morgan fingerprint density at radius 2 is 2.00 bits per heavy atom. The first kappa shape index (κ1) is 9.71. The number of nitrogens with zero attached hydrogens (tertiary/aromatic N) is 3. The molecule has 0 atom stereocenters. The van der Waals surface area contributed by atoms with Crippen LogP contribution in [0.1, 0.15) is 12.0 Å². The Kier molecular flexibility index (Phi) is 2.97. The Bertz CT molecular complexity index is 408. The Morgan fingerprint density at radius 3 is 2.67 bits per heavy atom. The third-order valence-corrected chi connectivity index (χ3v) is 2.25. The van der Waals surface area contributed by atoms with Crippen molar-refractivity contribution in [1.29, 1.82) is 0 Å². The maximum absolute atomic E-state index is 5.47. The molecule has 0 bridgehead atoms. The van der Waals surface area contributed by atoms with E-state index in [1.165, 1.54) is 5.56 Å². The Hall–Kier alpha value is -1.84. The third kappa shape index (κ3) is 2.80. The van der Waals surface area contributed by atoms with Crippen LogP contribution in [-0.2, 0) is 13.0 Å². The summed E-state index contributed by atoms with van der Waals surface area (Å²) in [6.07, 6.45) is 3.86. The molecular weight excluding hydrogens is 188 g/mol. The number of hydrogen-bond donors (Lipinski definition) is 1. The Labute approximate surface area is 88.7 Å². The predicted octanol–water partition coefficient (Wildman–Crippen LogP) is 1.49. The predicted molar refractivity (Wildman–Crippen MR) is 59.2 cm³/mol. The second kappa shape index (κ2) is 4.59. The van der Waals surface area contributed by atoms with E-state index in [1.807, 2.05) is 6.07 Å². The molecule has 0 saturated heterocycles. The highest BCUT2D eigenvalue weighted by molar-refractivity contribution is 5.19. The van der Waals surface area contributed by atoms with Gasteiger partial charge < -0.3 is 5.73 Å². The molecule has 4 nitrogen and oxygen atoms in total. The van der Waals surface area contributed by atoms with Crippen molar-refractivity contribution in [1.82, 2.24) is 15.0 Å². The summed E-state index contributed by atoms with van der Waals surface area (Å²) in [5.41, 5.74) is 6.82. The summed E-state index contributed by atoms with van der Waals surface area (Å²) >= 11 is 0. The molecule has 0 radical (unpaired) electrons. The van der Waals surface area contributed by atoms with Crippen LogP contribution < -0.4 is 5.73 Å². The second-order valence-electron chi connectivity index (χ2n) is 3.50. The van der Waals surface area contributed by atoms with Crippen molar-refractivity contribution in [2.45, 2.75) is 19.4 Å². The van der Waals surface area contributed by atoms with E-state index in [2.05, 4.69) is 34.6 Å². The average molecular weight is 202 g/mol. The van der Waals surface area contributed by atoms with Gasteiger partial charge in [0.15, 0.2) is 5.82 Å². The van der Waals surface area contributed by atoms with Crippen LogP contribution in [-0.4, -0.2) is 15.0 Å². The van der Waals surface area contributed by atoms with Gasteiger partial charge in [0, 0.05) is 6.54 Å². The fourth-order valence-electron chi connectivity index (χ4n) is 1.51. The maximum Gasteiger partial charge on any atom is 0.165 e. The van der Waals surface area contributed by atoms with Crippen molar-refractivity contribution in [3.8, 4) is 0 Å². The molecule has 2 rings (SSSR count). The average Bonchev–Trinajstić information content (AvgIpc) is 2.66. The summed E-state index contributed by atoms with van der Waals surface area (Å²) in [6, 6.07) is 10.4. The number of nitrogens with two attached hydrogens (primary N) is 1. The lowest BCUT2D eigenvalue weighted by atomic mass is 10.1. The molecule has 4 heteroatoms. The van der Waals surface area contributed by atoms with E-state index in [1.54, 1.807) is 10.9 Å². The van der Waals surface area contributed by atoms with Crippen molar-refractivity contribution in [2.75, 3.05) is 5.73 Å². The summed E-state index contributed by atoms with van der Waals surface area (Å²) in [5.74, 6) is 0.481. The summed E-state index contributed by atoms with van der Waals surface area (Å²) in [4.78, 5) is 0. The van der Waals surface area contributed by atoms with Crippen LogP contribution in [0.3, 0.4) is 0 Å². The maximum atomic E-state index is 5.47. The van der Waals surface area contributed by atoms with E-state index in [0.29, 0.717) is 5.82 Å². The first-order valence-electron chi connectivity index (χ1n) is 5.04. The van der Waals surface area contributed by atoms with E-state index in [9.17, 15) is 0 Å². The van der Waals surface area contributed by atoms with Gasteiger partial charge in [0.1, 0.15) is 0 Å². The molecule has 0 aliphatic carbocycles. The van der Waals surface area contributed by atoms with E-state index in [-0.39, 0.29) is 0 Å². The van der Waals surface area contributed by atoms with Gasteiger partial charge in [-0.2, -0.15) is 0 Å². The van der Waals surface area contributed by atoms with Gasteiger partial charge in [-0.25, -0.2) is 0 Å². The van der Waals surface area contributed by atoms with Crippen molar-refractivity contribution < 1.29 is 0 Å². The van der Waals surface area contributed by atoms with Crippen molar-refractivity contribution in [3.63, 3.8) is 0 Å². The second-order valence-corrected chi connectivity index (χ2v) is 3.50. The highest BCUT2D eigenvalue weighted by atomic mass is 15.4. The first-order valence-corrected chi connectivity index (χ1v) is 5.04. The Morgan fingerprint density at radius 1 is 1.20 bits per heavy atom. The summed E-state index contributed by atoms with van der Waals surface area (Å²) in [6.45, 7) is 0.860. The molecule has 1 aromatic heterocycles. The minimum atomic E-state index is 0.481. The normalized spacial score (nSPS) is 10.4. The van der Waals surface area contributed by atoms with Crippen LogP contribution in [0.4, 0.5) is 5.82 Å². The number of rotatable bonds is 4. The standard InChI is InChI=1S/C11H14N4/c12-11-9-15(14-13-11)8-4-7-10-5-2-1-3-6-10/h1-3,5-6,9H,4,7-8,12H2. The van der Waals surface area contributed by atoms with Crippen LogP contribution in [0.15, 0.2) is 36.5 Å². The third-order valence-electron chi connectivity index (χ3n) is 2.25. The van der Waals surface area contributed by atoms with Gasteiger partial charge >= 0.3 is 0 Å². The molecular formula is C11H14N4. The van der Waals surface area contributed by atoms with Crippen LogP contribution in [0.25, 0.3) is 0 Å². The molecule has 2 N–H and O–H groups in total. The molecule has 15 heavy (non-hydrogen) atoms. The molecule has 0 fully saturated rings. The zero-order valence-corrected chi connectivity index (χ0v) is 8.50. The molecule has 2 aromatic rings. The Balaban J connectivity index is 1.80. The molecule has 0 aliphatic heterocycles. The molecule has 1 aromatic carbocycles. The minimum absolute atomic E-state index is 0.481. The first-order chi connectivity index (χ1) is 7.34. The molecule has 78 valence electrons. The molecule has 0 amide bonds. The largest absolute Gasteiger partial charge is 0.381 e. The lowest BCUT2D eigenvalue weighted by Gasteiger charge is -2.00. The van der Waals surface area contributed by atoms with E-state index in [4.69, 9.17) is 5.73 Å². The number of benzene rings is 1. The molecule has 0 saturated carbocycles. The van der Waals surface area contributed by atoms with Gasteiger partial charge in [-0.15, -0.1) is 5.10 Å². The van der Waals surface area contributed by atoms with Gasteiger partial charge in [0.25, 0.3) is 0 Å². The minimum Gasteiger partial charge on any atom is -0.381 e. The smallest absolute Gasteiger partial charge is 0.165 e. The number of aromatic nitrogens is 3. The lowest BCUT2D eigenvalue weighted by Crippen LogP contribution is -2.00. The topological polar surface area (TPSA) is 56.7 Å². The number of anilines is 1. The monoisotopic (exact) mass is 202 g/mol. The van der Waals surface area contributed by atoms with Crippen LogP contribution in [0.2, 0.25) is 0 Å². The molecule has 0 unspecified atom stereocenters. The number of aryl methyl sites for hydroxylation is 2. The summed E-state index contributed by atoms with van der Waals surface area (Å²) in [7, 11) is 0. The van der Waals surface area contributed by atoms with Crippen LogP contribution in [0.5, 0.6) is 0 Å². The van der Waals surface area contributed by atoms with Crippen molar-refractivity contribution in [3.05, 3.63) is 42.1 Å². The van der Waals surface area contributed by atoms with E-state index in [0.717, 1.165) is 19.4 Å². The van der Waals surface area contributed by atoms with E-state index >= 15 is 0 Å². The van der Waals surface area contributed by atoms with Gasteiger partial charge in [-0.1, -0.05) is 35.5 Å². The van der Waals surface area contributed by atoms with Gasteiger partial charge in [0.2, 0.25) is 0 Å². The van der Waals surface area contributed by atoms with Gasteiger partial charge in [-0.05, 0) is 18.4 Å². The fourth-order valence-corrected chi connectivity index (χ4v) is 1.51. The fraction of sp³-hybridized carbons (Fsp3) is 0.273. The van der Waals surface area contributed by atoms with Gasteiger partial charge in [-0.3, -0.25) is 4.68 Å². The highest BCUT2D eigenvalue weighted by Crippen LogP contribution is 2.03. The summed E-state index contributed by atoms with van der Waals surface area (Å²) < 4.78 is 1.78. The van der Waals surface area contributed by atoms with Crippen LogP contribution >= 0.6 is 0 Å². The molecule has 0 aliphatic rings.